The molecule has 0 radical (unpaired) electrons. The Labute approximate surface area is 158 Å². The molecular weight excluding hydrogens is 385 g/mol. The number of benzene rings is 1. The molecule has 2 aromatic rings. The minimum Gasteiger partial charge on any atom is -0.487 e. The van der Waals surface area contributed by atoms with Crippen molar-refractivity contribution in [2.75, 3.05) is 13.1 Å². The summed E-state index contributed by atoms with van der Waals surface area (Å²) in [6.07, 6.45) is -0.613. The second kappa shape index (κ2) is 8.04. The van der Waals surface area contributed by atoms with E-state index < -0.39 is 12.1 Å². The first kappa shape index (κ1) is 19.3. The molecule has 5 nitrogen and oxygen atoms in total. The fourth-order valence-electron chi connectivity index (χ4n) is 2.87. The zero-order valence-electron chi connectivity index (χ0n) is 14.1. The Balaban J connectivity index is 1.68. The SMILES string of the molecule is O=C(c1cccc(OC(F)(F)F)c1)N1CCCC(Oc2ccncc2Cl)C1. The van der Waals surface area contributed by atoms with Crippen molar-refractivity contribution in [2.45, 2.75) is 25.3 Å². The predicted octanol–water partition coefficient (Wildman–Crippen LogP) is 4.32. The number of rotatable bonds is 4. The molecule has 0 spiro atoms. The summed E-state index contributed by atoms with van der Waals surface area (Å²) in [7, 11) is 0. The Morgan fingerprint density at radius 1 is 1.30 bits per heavy atom. The number of carbonyl (C=O) groups is 1. The van der Waals surface area contributed by atoms with E-state index in [9.17, 15) is 18.0 Å². The number of hydrogen-bond acceptors (Lipinski definition) is 4. The molecule has 0 bridgehead atoms. The monoisotopic (exact) mass is 400 g/mol. The molecule has 0 aliphatic carbocycles. The Morgan fingerprint density at radius 3 is 2.85 bits per heavy atom. The van der Waals surface area contributed by atoms with Gasteiger partial charge in [0.25, 0.3) is 5.91 Å². The summed E-state index contributed by atoms with van der Waals surface area (Å²) in [5, 5.41) is 0.373. The van der Waals surface area contributed by atoms with Crippen molar-refractivity contribution in [3.05, 3.63) is 53.3 Å². The normalized spacial score (nSPS) is 17.5. The Morgan fingerprint density at radius 2 is 2.11 bits per heavy atom. The molecule has 1 aromatic heterocycles. The maximum Gasteiger partial charge on any atom is 0.573 e. The van der Waals surface area contributed by atoms with Gasteiger partial charge in [0.2, 0.25) is 0 Å². The zero-order chi connectivity index (χ0) is 19.4. The molecule has 144 valence electrons. The quantitative estimate of drug-likeness (QED) is 0.767. The average molecular weight is 401 g/mol. The zero-order valence-corrected chi connectivity index (χ0v) is 14.8. The van der Waals surface area contributed by atoms with E-state index >= 15 is 0 Å². The number of halogens is 4. The van der Waals surface area contributed by atoms with Crippen LogP contribution in [0.15, 0.2) is 42.7 Å². The van der Waals surface area contributed by atoms with E-state index in [0.717, 1.165) is 18.6 Å². The maximum atomic E-state index is 12.7. The van der Waals surface area contributed by atoms with Crippen molar-refractivity contribution in [3.63, 3.8) is 0 Å². The van der Waals surface area contributed by atoms with Crippen LogP contribution in [0.25, 0.3) is 0 Å². The summed E-state index contributed by atoms with van der Waals surface area (Å²) in [6.45, 7) is 0.801. The van der Waals surface area contributed by atoms with Crippen LogP contribution in [0.4, 0.5) is 13.2 Å². The summed E-state index contributed by atoms with van der Waals surface area (Å²) in [6, 6.07) is 6.68. The first-order chi connectivity index (χ1) is 12.8. The van der Waals surface area contributed by atoms with Crippen LogP contribution in [0.3, 0.4) is 0 Å². The lowest BCUT2D eigenvalue weighted by molar-refractivity contribution is -0.274. The van der Waals surface area contributed by atoms with Crippen molar-refractivity contribution in [1.82, 2.24) is 9.88 Å². The molecule has 1 aromatic carbocycles. The first-order valence-electron chi connectivity index (χ1n) is 8.23. The number of hydrogen-bond donors (Lipinski definition) is 0. The highest BCUT2D eigenvalue weighted by Crippen LogP contribution is 2.27. The lowest BCUT2D eigenvalue weighted by Crippen LogP contribution is -2.44. The van der Waals surface area contributed by atoms with Gasteiger partial charge in [0.15, 0.2) is 0 Å². The topological polar surface area (TPSA) is 51.7 Å². The van der Waals surface area contributed by atoms with Crippen LogP contribution in [0.1, 0.15) is 23.2 Å². The molecule has 1 fully saturated rings. The van der Waals surface area contributed by atoms with Crippen LogP contribution in [0.2, 0.25) is 5.02 Å². The highest BCUT2D eigenvalue weighted by Gasteiger charge is 2.32. The van der Waals surface area contributed by atoms with E-state index in [-0.39, 0.29) is 17.6 Å². The number of nitrogens with zero attached hydrogens (tertiary/aromatic N) is 2. The Hall–Kier alpha value is -2.48. The van der Waals surface area contributed by atoms with Gasteiger partial charge in [-0.15, -0.1) is 13.2 Å². The van der Waals surface area contributed by atoms with Crippen molar-refractivity contribution < 1.29 is 27.4 Å². The molecule has 1 amide bonds. The fourth-order valence-corrected chi connectivity index (χ4v) is 3.03. The molecule has 27 heavy (non-hydrogen) atoms. The van der Waals surface area contributed by atoms with Gasteiger partial charge in [-0.3, -0.25) is 9.78 Å². The van der Waals surface area contributed by atoms with Gasteiger partial charge in [-0.2, -0.15) is 0 Å². The van der Waals surface area contributed by atoms with Gasteiger partial charge in [-0.05, 0) is 31.0 Å². The number of likely N-dealkylation sites (tertiary alicyclic amines) is 1. The van der Waals surface area contributed by atoms with Crippen LogP contribution < -0.4 is 9.47 Å². The Bertz CT molecular complexity index is 816. The number of piperidine rings is 1. The van der Waals surface area contributed by atoms with Crippen LogP contribution in [-0.4, -0.2) is 41.3 Å². The molecular formula is C18H16ClF3N2O3. The number of carbonyl (C=O) groups excluding carboxylic acids is 1. The molecule has 1 unspecified atom stereocenters. The van der Waals surface area contributed by atoms with Gasteiger partial charge in [0, 0.05) is 30.6 Å². The second-order valence-electron chi connectivity index (χ2n) is 6.01. The first-order valence-corrected chi connectivity index (χ1v) is 8.61. The largest absolute Gasteiger partial charge is 0.573 e. The van der Waals surface area contributed by atoms with Gasteiger partial charge in [0.1, 0.15) is 22.6 Å². The third-order valence-corrected chi connectivity index (χ3v) is 4.29. The lowest BCUT2D eigenvalue weighted by atomic mass is 10.1. The second-order valence-corrected chi connectivity index (χ2v) is 6.42. The van der Waals surface area contributed by atoms with E-state index in [1.165, 1.54) is 18.3 Å². The molecule has 2 heterocycles. The summed E-state index contributed by atoms with van der Waals surface area (Å²) in [5.74, 6) is -0.329. The van der Waals surface area contributed by atoms with Crippen molar-refractivity contribution in [2.24, 2.45) is 0 Å². The molecule has 1 saturated heterocycles. The summed E-state index contributed by atoms with van der Waals surface area (Å²) < 4.78 is 46.8. The van der Waals surface area contributed by atoms with Crippen molar-refractivity contribution >= 4 is 17.5 Å². The van der Waals surface area contributed by atoms with Crippen molar-refractivity contribution in [3.8, 4) is 11.5 Å². The van der Waals surface area contributed by atoms with E-state index in [0.29, 0.717) is 30.3 Å². The maximum absolute atomic E-state index is 12.7. The Kier molecular flexibility index (Phi) is 5.74. The molecule has 1 aliphatic rings. The fraction of sp³-hybridized carbons (Fsp3) is 0.333. The number of pyridine rings is 1. The lowest BCUT2D eigenvalue weighted by Gasteiger charge is -2.33. The van der Waals surface area contributed by atoms with Crippen LogP contribution in [0.5, 0.6) is 11.5 Å². The summed E-state index contributed by atoms with van der Waals surface area (Å²) >= 11 is 6.03. The summed E-state index contributed by atoms with van der Waals surface area (Å²) in [4.78, 5) is 18.1. The third-order valence-electron chi connectivity index (χ3n) is 4.01. The molecule has 0 saturated carbocycles. The van der Waals surface area contributed by atoms with Gasteiger partial charge < -0.3 is 14.4 Å². The minimum absolute atomic E-state index is 0.124. The number of aromatic nitrogens is 1. The molecule has 0 N–H and O–H groups in total. The number of ether oxygens (including phenoxy) is 2. The smallest absolute Gasteiger partial charge is 0.487 e. The van der Waals surface area contributed by atoms with Crippen LogP contribution in [0, 0.1) is 0 Å². The average Bonchev–Trinajstić information content (AvgIpc) is 2.62. The molecule has 1 atom stereocenters. The van der Waals surface area contributed by atoms with E-state index in [4.69, 9.17) is 16.3 Å². The minimum atomic E-state index is -4.81. The van der Waals surface area contributed by atoms with E-state index in [1.807, 2.05) is 0 Å². The number of amides is 1. The highest BCUT2D eigenvalue weighted by molar-refractivity contribution is 6.31. The van der Waals surface area contributed by atoms with Crippen LogP contribution in [-0.2, 0) is 0 Å². The van der Waals surface area contributed by atoms with Gasteiger partial charge >= 0.3 is 6.36 Å². The van der Waals surface area contributed by atoms with E-state index in [1.54, 1.807) is 17.2 Å². The van der Waals surface area contributed by atoms with Gasteiger partial charge in [-0.1, -0.05) is 17.7 Å². The highest BCUT2D eigenvalue weighted by atomic mass is 35.5. The molecule has 1 aliphatic heterocycles. The third kappa shape index (κ3) is 5.26. The molecule has 3 rings (SSSR count). The molecule has 9 heteroatoms. The standard InChI is InChI=1S/C18H16ClF3N2O3/c19-15-10-23-7-6-16(15)26-14-5-2-8-24(11-14)17(25)12-3-1-4-13(9-12)27-18(20,21)22/h1,3-4,6-7,9-10,14H,2,5,8,11H2. The predicted molar refractivity (Wildman–Crippen MR) is 91.9 cm³/mol. The van der Waals surface area contributed by atoms with Gasteiger partial charge in [0.05, 0.1) is 6.54 Å². The number of alkyl halides is 3. The van der Waals surface area contributed by atoms with Gasteiger partial charge in [-0.25, -0.2) is 0 Å². The summed E-state index contributed by atoms with van der Waals surface area (Å²) in [5.41, 5.74) is 0.124. The van der Waals surface area contributed by atoms with Crippen LogP contribution >= 0.6 is 11.6 Å². The van der Waals surface area contributed by atoms with Crippen molar-refractivity contribution in [1.29, 1.82) is 0 Å². The van der Waals surface area contributed by atoms with E-state index in [2.05, 4.69) is 9.72 Å².